The van der Waals surface area contributed by atoms with E-state index in [2.05, 4.69) is 5.32 Å². The van der Waals surface area contributed by atoms with Crippen LogP contribution < -0.4 is 11.1 Å². The minimum absolute atomic E-state index is 0.390. The van der Waals surface area contributed by atoms with Crippen molar-refractivity contribution >= 4 is 51.9 Å². The molecule has 19 heavy (non-hydrogen) atoms. The van der Waals surface area contributed by atoms with Crippen LogP contribution in [0.4, 0.5) is 11.4 Å². The van der Waals surface area contributed by atoms with Gasteiger partial charge in [-0.1, -0.05) is 29.9 Å². The van der Waals surface area contributed by atoms with Crippen molar-refractivity contribution in [1.29, 1.82) is 0 Å². The molecule has 0 saturated heterocycles. The van der Waals surface area contributed by atoms with Gasteiger partial charge in [0.05, 0.1) is 0 Å². The van der Waals surface area contributed by atoms with Crippen molar-refractivity contribution in [2.24, 2.45) is 5.73 Å². The van der Waals surface area contributed by atoms with E-state index in [0.29, 0.717) is 10.0 Å². The van der Waals surface area contributed by atoms with Gasteiger partial charge in [-0.05, 0) is 42.7 Å². The Kier molecular flexibility index (Phi) is 4.69. The van der Waals surface area contributed by atoms with E-state index in [-0.39, 0.29) is 0 Å². The predicted octanol–water partition coefficient (Wildman–Crippen LogP) is 4.44. The first-order chi connectivity index (χ1) is 9.11. The van der Waals surface area contributed by atoms with E-state index in [1.807, 2.05) is 48.7 Å². The van der Waals surface area contributed by atoms with Gasteiger partial charge in [0, 0.05) is 26.9 Å². The molecule has 0 atom stereocenters. The SMILES string of the molecule is CSc1cccc(Nc2ccc(Cl)cc2)c1C(N)=S. The predicted molar refractivity (Wildman–Crippen MR) is 88.8 cm³/mol. The second-order valence-electron chi connectivity index (χ2n) is 3.88. The molecule has 0 unspecified atom stereocenters. The van der Waals surface area contributed by atoms with E-state index in [0.717, 1.165) is 21.8 Å². The second-order valence-corrected chi connectivity index (χ2v) is 5.60. The molecule has 2 nitrogen and oxygen atoms in total. The van der Waals surface area contributed by atoms with Crippen LogP contribution in [0.2, 0.25) is 5.02 Å². The Labute approximate surface area is 127 Å². The zero-order valence-corrected chi connectivity index (χ0v) is 12.7. The number of nitrogens with one attached hydrogen (secondary N) is 1. The molecule has 2 aromatic rings. The highest BCUT2D eigenvalue weighted by molar-refractivity contribution is 7.98. The van der Waals surface area contributed by atoms with Crippen LogP contribution in [0.3, 0.4) is 0 Å². The van der Waals surface area contributed by atoms with E-state index in [1.54, 1.807) is 11.8 Å². The summed E-state index contributed by atoms with van der Waals surface area (Å²) < 4.78 is 0. The number of nitrogens with two attached hydrogens (primary N) is 1. The maximum atomic E-state index is 5.87. The number of anilines is 2. The van der Waals surface area contributed by atoms with Crippen LogP contribution in [0.5, 0.6) is 0 Å². The molecule has 0 spiro atoms. The molecule has 0 aliphatic carbocycles. The Bertz CT molecular complexity index is 597. The first kappa shape index (κ1) is 14.2. The Balaban J connectivity index is 2.39. The monoisotopic (exact) mass is 308 g/mol. The maximum absolute atomic E-state index is 5.87. The molecule has 3 N–H and O–H groups in total. The highest BCUT2D eigenvalue weighted by Crippen LogP contribution is 2.29. The molecule has 98 valence electrons. The standard InChI is InChI=1S/C14H13ClN2S2/c1-19-12-4-2-3-11(13(12)14(16)18)17-10-7-5-9(15)6-8-10/h2-8,17H,1H3,(H2,16,18). The van der Waals surface area contributed by atoms with Gasteiger partial charge in [-0.2, -0.15) is 0 Å². The third-order valence-corrected chi connectivity index (χ3v) is 3.85. The first-order valence-electron chi connectivity index (χ1n) is 5.61. The van der Waals surface area contributed by atoms with Crippen LogP contribution in [0, 0.1) is 0 Å². The fraction of sp³-hybridized carbons (Fsp3) is 0.0714. The zero-order valence-electron chi connectivity index (χ0n) is 10.3. The van der Waals surface area contributed by atoms with Crippen molar-refractivity contribution in [3.63, 3.8) is 0 Å². The number of halogens is 1. The Morgan fingerprint density at radius 2 is 1.89 bits per heavy atom. The summed E-state index contributed by atoms with van der Waals surface area (Å²) in [6, 6.07) is 13.4. The number of thioether (sulfide) groups is 1. The molecule has 0 saturated carbocycles. The maximum Gasteiger partial charge on any atom is 0.107 e. The fourth-order valence-corrected chi connectivity index (χ4v) is 2.80. The molecular weight excluding hydrogens is 296 g/mol. The molecule has 0 fully saturated rings. The average Bonchev–Trinajstić information content (AvgIpc) is 2.40. The van der Waals surface area contributed by atoms with Crippen molar-refractivity contribution in [2.45, 2.75) is 4.90 Å². The fourth-order valence-electron chi connectivity index (χ4n) is 1.75. The van der Waals surface area contributed by atoms with Gasteiger partial charge < -0.3 is 11.1 Å². The Hall–Kier alpha value is -1.23. The Morgan fingerprint density at radius 3 is 2.47 bits per heavy atom. The third kappa shape index (κ3) is 3.41. The smallest absolute Gasteiger partial charge is 0.107 e. The molecule has 2 aromatic carbocycles. The van der Waals surface area contributed by atoms with Crippen molar-refractivity contribution in [2.75, 3.05) is 11.6 Å². The van der Waals surface area contributed by atoms with Gasteiger partial charge in [0.15, 0.2) is 0 Å². The molecular formula is C14H13ClN2S2. The lowest BCUT2D eigenvalue weighted by atomic mass is 10.1. The number of rotatable bonds is 4. The molecule has 5 heteroatoms. The summed E-state index contributed by atoms with van der Waals surface area (Å²) >= 11 is 12.6. The number of hydrogen-bond donors (Lipinski definition) is 2. The molecule has 2 rings (SSSR count). The highest BCUT2D eigenvalue weighted by Gasteiger charge is 2.10. The third-order valence-electron chi connectivity index (χ3n) is 2.62. The topological polar surface area (TPSA) is 38.0 Å². The van der Waals surface area contributed by atoms with Crippen LogP contribution >= 0.6 is 35.6 Å². The van der Waals surface area contributed by atoms with Crippen LogP contribution in [0.25, 0.3) is 0 Å². The summed E-state index contributed by atoms with van der Waals surface area (Å²) in [5.41, 5.74) is 8.55. The van der Waals surface area contributed by atoms with Crippen molar-refractivity contribution in [1.82, 2.24) is 0 Å². The molecule has 0 amide bonds. The summed E-state index contributed by atoms with van der Waals surface area (Å²) in [5, 5.41) is 4.02. The van der Waals surface area contributed by atoms with E-state index in [1.165, 1.54) is 0 Å². The lowest BCUT2D eigenvalue weighted by Gasteiger charge is -2.14. The van der Waals surface area contributed by atoms with Crippen LogP contribution in [0.15, 0.2) is 47.4 Å². The molecule has 0 aliphatic heterocycles. The van der Waals surface area contributed by atoms with Gasteiger partial charge in [-0.25, -0.2) is 0 Å². The molecule has 0 radical (unpaired) electrons. The summed E-state index contributed by atoms with van der Waals surface area (Å²) in [4.78, 5) is 1.45. The van der Waals surface area contributed by atoms with E-state index < -0.39 is 0 Å². The van der Waals surface area contributed by atoms with Crippen molar-refractivity contribution in [3.05, 3.63) is 53.1 Å². The number of benzene rings is 2. The summed E-state index contributed by atoms with van der Waals surface area (Å²) in [6.45, 7) is 0. The van der Waals surface area contributed by atoms with Crippen molar-refractivity contribution < 1.29 is 0 Å². The largest absolute Gasteiger partial charge is 0.389 e. The quantitative estimate of drug-likeness (QED) is 0.647. The average molecular weight is 309 g/mol. The summed E-state index contributed by atoms with van der Waals surface area (Å²) in [7, 11) is 0. The van der Waals surface area contributed by atoms with Gasteiger partial charge in [0.1, 0.15) is 4.99 Å². The first-order valence-corrected chi connectivity index (χ1v) is 7.62. The van der Waals surface area contributed by atoms with Gasteiger partial charge in [0.25, 0.3) is 0 Å². The molecule has 0 aliphatic rings. The molecule has 0 bridgehead atoms. The lowest BCUT2D eigenvalue weighted by molar-refractivity contribution is 1.40. The van der Waals surface area contributed by atoms with Gasteiger partial charge >= 0.3 is 0 Å². The van der Waals surface area contributed by atoms with Gasteiger partial charge in [-0.3, -0.25) is 0 Å². The van der Waals surface area contributed by atoms with Crippen LogP contribution in [-0.2, 0) is 0 Å². The van der Waals surface area contributed by atoms with E-state index >= 15 is 0 Å². The van der Waals surface area contributed by atoms with Crippen LogP contribution in [0.1, 0.15) is 5.56 Å². The van der Waals surface area contributed by atoms with Gasteiger partial charge in [-0.15, -0.1) is 11.8 Å². The summed E-state index contributed by atoms with van der Waals surface area (Å²) in [5.74, 6) is 0. The minimum Gasteiger partial charge on any atom is -0.389 e. The second kappa shape index (κ2) is 6.28. The molecule has 0 heterocycles. The number of thiocarbonyl (C=S) groups is 1. The Morgan fingerprint density at radius 1 is 1.21 bits per heavy atom. The minimum atomic E-state index is 0.390. The van der Waals surface area contributed by atoms with Gasteiger partial charge in [0.2, 0.25) is 0 Å². The molecule has 0 aromatic heterocycles. The lowest BCUT2D eigenvalue weighted by Crippen LogP contribution is -2.13. The van der Waals surface area contributed by atoms with E-state index in [9.17, 15) is 0 Å². The zero-order chi connectivity index (χ0) is 13.8. The summed E-state index contributed by atoms with van der Waals surface area (Å²) in [6.07, 6.45) is 2.00. The van der Waals surface area contributed by atoms with Crippen molar-refractivity contribution in [3.8, 4) is 0 Å². The van der Waals surface area contributed by atoms with Crippen LogP contribution in [-0.4, -0.2) is 11.2 Å². The highest BCUT2D eigenvalue weighted by atomic mass is 35.5. The normalized spacial score (nSPS) is 10.2. The number of hydrogen-bond acceptors (Lipinski definition) is 3. The van der Waals surface area contributed by atoms with E-state index in [4.69, 9.17) is 29.6 Å².